The normalized spacial score (nSPS) is 27.9. The smallest absolute Gasteiger partial charge is 0.256 e. The molecule has 32 heavy (non-hydrogen) atoms. The van der Waals surface area contributed by atoms with Crippen molar-refractivity contribution in [3.63, 3.8) is 0 Å². The highest BCUT2D eigenvalue weighted by Crippen LogP contribution is 2.53. The maximum atomic E-state index is 13.5. The van der Waals surface area contributed by atoms with Gasteiger partial charge in [0, 0.05) is 12.6 Å². The number of nitrogens with zero attached hydrogens (tertiary/aromatic N) is 2. The Hall–Kier alpha value is -3.08. The molecule has 2 aromatic carbocycles. The van der Waals surface area contributed by atoms with Crippen molar-refractivity contribution in [1.82, 2.24) is 15.1 Å². The zero-order valence-electron chi connectivity index (χ0n) is 18.3. The van der Waals surface area contributed by atoms with Crippen LogP contribution in [0, 0.1) is 23.7 Å². The Balaban J connectivity index is 1.27. The number of benzene rings is 2. The first-order valence-electron chi connectivity index (χ1n) is 12.0. The monoisotopic (exact) mass is 426 g/mol. The summed E-state index contributed by atoms with van der Waals surface area (Å²) in [7, 11) is 0. The Morgan fingerprint density at radius 2 is 1.50 bits per heavy atom. The van der Waals surface area contributed by atoms with Crippen molar-refractivity contribution < 1.29 is 4.79 Å². The van der Waals surface area contributed by atoms with Gasteiger partial charge in [0.15, 0.2) is 0 Å². The second-order valence-electron chi connectivity index (χ2n) is 9.92. The number of carbonyl (C=O) groups excluding carboxylic acids is 1. The molecule has 0 radical (unpaired) electrons. The summed E-state index contributed by atoms with van der Waals surface area (Å²) in [6.07, 6.45) is 8.30. The van der Waals surface area contributed by atoms with Crippen LogP contribution < -0.4 is 10.6 Å². The van der Waals surface area contributed by atoms with Crippen LogP contribution >= 0.6 is 0 Å². The molecule has 4 saturated carbocycles. The van der Waals surface area contributed by atoms with E-state index in [0.717, 1.165) is 23.3 Å². The maximum Gasteiger partial charge on any atom is 0.256 e. The third-order valence-corrected chi connectivity index (χ3v) is 7.84. The van der Waals surface area contributed by atoms with Gasteiger partial charge in [-0.05, 0) is 73.5 Å². The van der Waals surface area contributed by atoms with E-state index in [1.807, 2.05) is 53.2 Å². The van der Waals surface area contributed by atoms with E-state index in [0.29, 0.717) is 30.0 Å². The van der Waals surface area contributed by atoms with Gasteiger partial charge in [-0.2, -0.15) is 5.10 Å². The van der Waals surface area contributed by atoms with Gasteiger partial charge in [-0.1, -0.05) is 48.5 Å². The predicted octanol–water partition coefficient (Wildman–Crippen LogP) is 5.04. The van der Waals surface area contributed by atoms with Crippen molar-refractivity contribution in [3.8, 4) is 5.69 Å². The molecule has 5 heteroatoms. The van der Waals surface area contributed by atoms with E-state index in [2.05, 4.69) is 27.9 Å². The molecular formula is C27H30N4O. The molecule has 4 aliphatic carbocycles. The lowest BCUT2D eigenvalue weighted by molar-refractivity contribution is -0.0119. The number of carbonyl (C=O) groups is 1. The number of hydrogen-bond acceptors (Lipinski definition) is 3. The fourth-order valence-corrected chi connectivity index (χ4v) is 6.62. The van der Waals surface area contributed by atoms with Crippen molar-refractivity contribution in [1.29, 1.82) is 0 Å². The number of rotatable bonds is 6. The fraction of sp³-hybridized carbons (Fsp3) is 0.407. The number of para-hydroxylation sites is 1. The van der Waals surface area contributed by atoms with Gasteiger partial charge < -0.3 is 10.6 Å². The third-order valence-electron chi connectivity index (χ3n) is 7.84. The summed E-state index contributed by atoms with van der Waals surface area (Å²) in [5.74, 6) is 3.85. The maximum absolute atomic E-state index is 13.5. The summed E-state index contributed by atoms with van der Waals surface area (Å²) in [6, 6.07) is 20.6. The van der Waals surface area contributed by atoms with Crippen LogP contribution in [0.4, 0.5) is 5.82 Å². The van der Waals surface area contributed by atoms with E-state index in [-0.39, 0.29) is 5.91 Å². The van der Waals surface area contributed by atoms with Crippen LogP contribution in [0.15, 0.2) is 66.9 Å². The van der Waals surface area contributed by atoms with Crippen LogP contribution in [0.3, 0.4) is 0 Å². The molecule has 164 valence electrons. The van der Waals surface area contributed by atoms with Crippen LogP contribution in [0.25, 0.3) is 5.69 Å². The van der Waals surface area contributed by atoms with Crippen LogP contribution in [-0.2, 0) is 6.54 Å². The van der Waals surface area contributed by atoms with E-state index in [9.17, 15) is 4.79 Å². The second-order valence-corrected chi connectivity index (χ2v) is 9.92. The molecule has 4 fully saturated rings. The number of nitrogens with one attached hydrogen (secondary N) is 2. The number of anilines is 1. The number of amides is 1. The molecule has 0 saturated heterocycles. The lowest BCUT2D eigenvalue weighted by Gasteiger charge is -2.54. The van der Waals surface area contributed by atoms with Gasteiger partial charge in [0.25, 0.3) is 5.91 Å². The SMILES string of the molecule is O=C(NC1C2CC3CC(C2)CC1C3)c1cnn(-c2ccccc2)c1NCc1ccccc1. The zero-order valence-corrected chi connectivity index (χ0v) is 18.3. The first-order chi connectivity index (χ1) is 15.7. The third kappa shape index (κ3) is 3.60. The molecule has 0 spiro atoms. The minimum Gasteiger partial charge on any atom is -0.365 e. The van der Waals surface area contributed by atoms with Crippen LogP contribution in [0.1, 0.15) is 48.0 Å². The minimum absolute atomic E-state index is 0.000200. The van der Waals surface area contributed by atoms with Crippen molar-refractivity contribution >= 4 is 11.7 Å². The summed E-state index contributed by atoms with van der Waals surface area (Å²) in [4.78, 5) is 13.5. The second kappa shape index (κ2) is 8.12. The zero-order chi connectivity index (χ0) is 21.5. The molecule has 0 unspecified atom stereocenters. The largest absolute Gasteiger partial charge is 0.365 e. The summed E-state index contributed by atoms with van der Waals surface area (Å²) < 4.78 is 1.84. The highest BCUT2D eigenvalue weighted by Gasteiger charge is 2.48. The molecule has 4 aliphatic rings. The van der Waals surface area contributed by atoms with E-state index in [4.69, 9.17) is 0 Å². The summed E-state index contributed by atoms with van der Waals surface area (Å²) >= 11 is 0. The molecule has 5 nitrogen and oxygen atoms in total. The first-order valence-corrected chi connectivity index (χ1v) is 12.0. The first kappa shape index (κ1) is 19.6. The van der Waals surface area contributed by atoms with Crippen LogP contribution in [0.2, 0.25) is 0 Å². The Kier molecular flexibility index (Phi) is 4.97. The molecule has 1 heterocycles. The molecule has 0 aliphatic heterocycles. The summed E-state index contributed by atoms with van der Waals surface area (Å²) in [5.41, 5.74) is 2.73. The summed E-state index contributed by atoms with van der Waals surface area (Å²) in [6.45, 7) is 0.637. The molecule has 4 bridgehead atoms. The van der Waals surface area contributed by atoms with E-state index >= 15 is 0 Å². The Morgan fingerprint density at radius 1 is 0.875 bits per heavy atom. The fourth-order valence-electron chi connectivity index (χ4n) is 6.62. The molecular weight excluding hydrogens is 396 g/mol. The minimum atomic E-state index is 0.000200. The molecule has 3 aromatic rings. The van der Waals surface area contributed by atoms with Gasteiger partial charge >= 0.3 is 0 Å². The van der Waals surface area contributed by atoms with E-state index < -0.39 is 0 Å². The highest BCUT2D eigenvalue weighted by molar-refractivity contribution is 5.99. The average molecular weight is 427 g/mol. The number of aromatic nitrogens is 2. The molecule has 2 N–H and O–H groups in total. The Morgan fingerprint density at radius 3 is 2.16 bits per heavy atom. The topological polar surface area (TPSA) is 59.0 Å². The quantitative estimate of drug-likeness (QED) is 0.581. The lowest BCUT2D eigenvalue weighted by atomic mass is 9.54. The Bertz CT molecular complexity index is 1060. The van der Waals surface area contributed by atoms with Gasteiger partial charge in [0.05, 0.1) is 11.9 Å². The van der Waals surface area contributed by atoms with Crippen LogP contribution in [-0.4, -0.2) is 21.7 Å². The lowest BCUT2D eigenvalue weighted by Crippen LogP contribution is -2.55. The Labute approximate surface area is 189 Å². The van der Waals surface area contributed by atoms with Crippen LogP contribution in [0.5, 0.6) is 0 Å². The van der Waals surface area contributed by atoms with Gasteiger partial charge in [-0.25, -0.2) is 4.68 Å². The van der Waals surface area contributed by atoms with Gasteiger partial charge in [-0.15, -0.1) is 0 Å². The van der Waals surface area contributed by atoms with E-state index in [1.54, 1.807) is 6.20 Å². The average Bonchev–Trinajstić information content (AvgIpc) is 3.25. The standard InChI is InChI=1S/C27H30N4O/c32-27(30-25-21-12-19-11-20(14-21)15-22(25)13-19)24-17-29-31(23-9-5-2-6-10-23)26(24)28-16-18-7-3-1-4-8-18/h1-10,17,19-22,25,28H,11-16H2,(H,30,32). The summed E-state index contributed by atoms with van der Waals surface area (Å²) in [5, 5.41) is 11.5. The van der Waals surface area contributed by atoms with Gasteiger partial charge in [0.2, 0.25) is 0 Å². The molecule has 7 rings (SSSR count). The number of hydrogen-bond donors (Lipinski definition) is 2. The molecule has 0 atom stereocenters. The van der Waals surface area contributed by atoms with Gasteiger partial charge in [-0.3, -0.25) is 4.79 Å². The van der Waals surface area contributed by atoms with Crippen molar-refractivity contribution in [3.05, 3.63) is 78.0 Å². The van der Waals surface area contributed by atoms with Gasteiger partial charge in [0.1, 0.15) is 11.4 Å². The van der Waals surface area contributed by atoms with Crippen molar-refractivity contribution in [2.24, 2.45) is 23.7 Å². The van der Waals surface area contributed by atoms with Crippen molar-refractivity contribution in [2.45, 2.75) is 44.7 Å². The molecule has 1 amide bonds. The highest BCUT2D eigenvalue weighted by atomic mass is 16.1. The predicted molar refractivity (Wildman–Crippen MR) is 126 cm³/mol. The van der Waals surface area contributed by atoms with Crippen molar-refractivity contribution in [2.75, 3.05) is 5.32 Å². The van der Waals surface area contributed by atoms with E-state index in [1.165, 1.54) is 37.7 Å². The molecule has 1 aromatic heterocycles.